The number of unbranched alkanes of at least 4 members (excludes halogenated alkanes) is 9. The van der Waals surface area contributed by atoms with Crippen LogP contribution in [0.5, 0.6) is 0 Å². The molecule has 0 bridgehead atoms. The van der Waals surface area contributed by atoms with Crippen LogP contribution in [0, 0.1) is 6.57 Å². The van der Waals surface area contributed by atoms with Gasteiger partial charge in [0.1, 0.15) is 5.60 Å². The fourth-order valence-electron chi connectivity index (χ4n) is 2.23. The molecular formula is C18H34N2O2. The molecule has 0 unspecified atom stereocenters. The average molecular weight is 310 g/mol. The topological polar surface area (TPSA) is 42.7 Å². The Morgan fingerprint density at radius 2 is 1.36 bits per heavy atom. The summed E-state index contributed by atoms with van der Waals surface area (Å²) in [7, 11) is 0. The van der Waals surface area contributed by atoms with Gasteiger partial charge in [-0.2, -0.15) is 0 Å². The smallest absolute Gasteiger partial charge is 0.407 e. The van der Waals surface area contributed by atoms with Crippen LogP contribution in [-0.4, -0.2) is 24.8 Å². The number of nitrogens with one attached hydrogen (secondary N) is 1. The van der Waals surface area contributed by atoms with Gasteiger partial charge in [0, 0.05) is 13.0 Å². The third-order valence-electron chi connectivity index (χ3n) is 3.36. The van der Waals surface area contributed by atoms with Crippen molar-refractivity contribution in [2.24, 2.45) is 0 Å². The quantitative estimate of drug-likeness (QED) is 0.391. The maximum Gasteiger partial charge on any atom is 0.407 e. The molecule has 0 saturated heterocycles. The van der Waals surface area contributed by atoms with Gasteiger partial charge in [-0.1, -0.05) is 44.9 Å². The van der Waals surface area contributed by atoms with E-state index < -0.39 is 5.60 Å². The maximum absolute atomic E-state index is 11.4. The summed E-state index contributed by atoms with van der Waals surface area (Å²) < 4.78 is 5.18. The van der Waals surface area contributed by atoms with Crippen molar-refractivity contribution in [3.05, 3.63) is 11.4 Å². The number of carbonyl (C=O) groups excluding carboxylic acids is 1. The molecule has 0 aromatic heterocycles. The molecule has 4 heteroatoms. The Morgan fingerprint density at radius 3 is 1.82 bits per heavy atom. The molecule has 0 aromatic carbocycles. The second-order valence-corrected chi connectivity index (χ2v) is 6.85. The third kappa shape index (κ3) is 16.8. The minimum atomic E-state index is -0.417. The molecule has 0 aliphatic carbocycles. The van der Waals surface area contributed by atoms with Crippen molar-refractivity contribution in [1.82, 2.24) is 5.32 Å². The van der Waals surface area contributed by atoms with Crippen molar-refractivity contribution in [3.8, 4) is 0 Å². The van der Waals surface area contributed by atoms with Crippen molar-refractivity contribution in [2.75, 3.05) is 13.1 Å². The van der Waals surface area contributed by atoms with Gasteiger partial charge in [0.2, 0.25) is 6.54 Å². The Balaban J connectivity index is 3.18. The van der Waals surface area contributed by atoms with E-state index in [9.17, 15) is 4.79 Å². The van der Waals surface area contributed by atoms with Crippen LogP contribution in [0.4, 0.5) is 4.79 Å². The fraction of sp³-hybridized carbons (Fsp3) is 0.889. The predicted octanol–water partition coefficient (Wildman–Crippen LogP) is 5.33. The lowest BCUT2D eigenvalue weighted by Crippen LogP contribution is -2.32. The van der Waals surface area contributed by atoms with Gasteiger partial charge in [0.05, 0.1) is 0 Å². The first-order chi connectivity index (χ1) is 10.5. The Bertz CT molecular complexity index is 316. The van der Waals surface area contributed by atoms with E-state index in [4.69, 9.17) is 11.3 Å². The number of nitrogens with zero attached hydrogens (tertiary/aromatic N) is 1. The molecule has 4 nitrogen and oxygen atoms in total. The summed E-state index contributed by atoms with van der Waals surface area (Å²) in [6, 6.07) is 0. The molecule has 1 N–H and O–H groups in total. The number of rotatable bonds is 12. The Labute approximate surface area is 136 Å². The molecule has 128 valence electrons. The molecule has 0 aliphatic heterocycles. The Kier molecular flexibility index (Phi) is 12.7. The normalized spacial score (nSPS) is 11.0. The van der Waals surface area contributed by atoms with E-state index >= 15 is 0 Å². The summed E-state index contributed by atoms with van der Waals surface area (Å²) in [4.78, 5) is 14.8. The van der Waals surface area contributed by atoms with E-state index in [1.807, 2.05) is 20.8 Å². The van der Waals surface area contributed by atoms with Crippen molar-refractivity contribution in [1.29, 1.82) is 0 Å². The lowest BCUT2D eigenvalue weighted by Gasteiger charge is -2.19. The molecule has 22 heavy (non-hydrogen) atoms. The van der Waals surface area contributed by atoms with Gasteiger partial charge >= 0.3 is 6.09 Å². The first kappa shape index (κ1) is 20.8. The Morgan fingerprint density at radius 1 is 0.909 bits per heavy atom. The summed E-state index contributed by atoms with van der Waals surface area (Å²) in [6.07, 6.45) is 11.9. The van der Waals surface area contributed by atoms with Crippen LogP contribution in [-0.2, 0) is 4.74 Å². The van der Waals surface area contributed by atoms with E-state index in [0.717, 1.165) is 12.8 Å². The molecule has 0 radical (unpaired) electrons. The highest BCUT2D eigenvalue weighted by Crippen LogP contribution is 2.10. The van der Waals surface area contributed by atoms with Crippen LogP contribution >= 0.6 is 0 Å². The van der Waals surface area contributed by atoms with Gasteiger partial charge in [-0.3, -0.25) is 0 Å². The third-order valence-corrected chi connectivity index (χ3v) is 3.36. The molecule has 0 saturated carbocycles. The fourth-order valence-corrected chi connectivity index (χ4v) is 2.23. The lowest BCUT2D eigenvalue weighted by molar-refractivity contribution is 0.0527. The van der Waals surface area contributed by atoms with Gasteiger partial charge in [0.15, 0.2) is 0 Å². The van der Waals surface area contributed by atoms with Crippen LogP contribution in [0.2, 0.25) is 0 Å². The molecule has 0 aliphatic rings. The van der Waals surface area contributed by atoms with Crippen LogP contribution in [0.15, 0.2) is 0 Å². The zero-order valence-corrected chi connectivity index (χ0v) is 14.7. The molecule has 0 fully saturated rings. The molecule has 0 heterocycles. The number of carbonyl (C=O) groups is 1. The minimum absolute atomic E-state index is 0.314. The van der Waals surface area contributed by atoms with E-state index in [1.54, 1.807) is 0 Å². The summed E-state index contributed by atoms with van der Waals surface area (Å²) in [5.74, 6) is 0. The monoisotopic (exact) mass is 310 g/mol. The second-order valence-electron chi connectivity index (χ2n) is 6.85. The van der Waals surface area contributed by atoms with Gasteiger partial charge in [-0.25, -0.2) is 11.4 Å². The molecule has 0 spiro atoms. The van der Waals surface area contributed by atoms with Gasteiger partial charge in [0.25, 0.3) is 0 Å². The van der Waals surface area contributed by atoms with Crippen molar-refractivity contribution < 1.29 is 9.53 Å². The highest BCUT2D eigenvalue weighted by Gasteiger charge is 2.15. The van der Waals surface area contributed by atoms with Crippen molar-refractivity contribution in [3.63, 3.8) is 0 Å². The summed E-state index contributed by atoms with van der Waals surface area (Å²) in [5.41, 5.74) is -0.417. The van der Waals surface area contributed by atoms with Gasteiger partial charge in [-0.15, -0.1) is 0 Å². The molecular weight excluding hydrogens is 276 g/mol. The number of ether oxygens (including phenoxy) is 1. The van der Waals surface area contributed by atoms with Gasteiger partial charge in [-0.05, 0) is 33.6 Å². The molecule has 0 atom stereocenters. The van der Waals surface area contributed by atoms with E-state index in [0.29, 0.717) is 13.1 Å². The molecule has 1 amide bonds. The van der Waals surface area contributed by atoms with E-state index in [2.05, 4.69) is 10.2 Å². The number of hydrogen-bond acceptors (Lipinski definition) is 2. The Hall–Kier alpha value is -1.24. The van der Waals surface area contributed by atoms with E-state index in [1.165, 1.54) is 51.4 Å². The lowest BCUT2D eigenvalue weighted by atomic mass is 10.1. The highest BCUT2D eigenvalue weighted by molar-refractivity contribution is 5.67. The molecule has 0 rings (SSSR count). The standard InChI is InChI=1S/C18H34N2O2/c1-18(2,3)22-17(21)20-16-14-12-10-8-6-5-7-9-11-13-15-19-4/h5-16H2,1-3H3,(H,20,21). The summed E-state index contributed by atoms with van der Waals surface area (Å²) in [6.45, 7) is 13.7. The first-order valence-corrected chi connectivity index (χ1v) is 8.76. The van der Waals surface area contributed by atoms with Gasteiger partial charge < -0.3 is 14.9 Å². The van der Waals surface area contributed by atoms with Crippen LogP contribution in [0.25, 0.3) is 4.85 Å². The number of alkyl carbamates (subject to hydrolysis) is 1. The SMILES string of the molecule is [C-]#[N+]CCCCCCCCCCCCNC(=O)OC(C)(C)C. The zero-order chi connectivity index (χ0) is 16.7. The van der Waals surface area contributed by atoms with E-state index in [-0.39, 0.29) is 6.09 Å². The maximum atomic E-state index is 11.4. The average Bonchev–Trinajstić information content (AvgIpc) is 2.42. The summed E-state index contributed by atoms with van der Waals surface area (Å²) >= 11 is 0. The van der Waals surface area contributed by atoms with Crippen LogP contribution < -0.4 is 5.32 Å². The van der Waals surface area contributed by atoms with Crippen LogP contribution in [0.1, 0.15) is 85.0 Å². The zero-order valence-electron chi connectivity index (χ0n) is 14.7. The second kappa shape index (κ2) is 13.4. The first-order valence-electron chi connectivity index (χ1n) is 8.76. The molecule has 0 aromatic rings. The summed E-state index contributed by atoms with van der Waals surface area (Å²) in [5, 5.41) is 2.79. The minimum Gasteiger partial charge on any atom is -0.444 e. The highest BCUT2D eigenvalue weighted by atomic mass is 16.6. The number of amides is 1. The van der Waals surface area contributed by atoms with Crippen LogP contribution in [0.3, 0.4) is 0 Å². The van der Waals surface area contributed by atoms with Crippen molar-refractivity contribution in [2.45, 2.75) is 90.6 Å². The number of hydrogen-bond donors (Lipinski definition) is 1. The van der Waals surface area contributed by atoms with Crippen molar-refractivity contribution >= 4 is 6.09 Å². The predicted molar refractivity (Wildman–Crippen MR) is 91.9 cm³/mol. The largest absolute Gasteiger partial charge is 0.444 e.